The van der Waals surface area contributed by atoms with Gasteiger partial charge in [0, 0.05) is 6.92 Å². The van der Waals surface area contributed by atoms with Gasteiger partial charge >= 0.3 is 0 Å². The first kappa shape index (κ1) is 17.9. The van der Waals surface area contributed by atoms with Crippen LogP contribution in [0, 0.1) is 12.8 Å². The lowest BCUT2D eigenvalue weighted by Crippen LogP contribution is -2.39. The summed E-state index contributed by atoms with van der Waals surface area (Å²) in [6.07, 6.45) is 0. The van der Waals surface area contributed by atoms with E-state index in [1.807, 2.05) is 31.2 Å². The van der Waals surface area contributed by atoms with Crippen LogP contribution in [0.4, 0.5) is 11.4 Å². The Bertz CT molecular complexity index is 995. The second kappa shape index (κ2) is 6.60. The zero-order chi connectivity index (χ0) is 20.0. The summed E-state index contributed by atoms with van der Waals surface area (Å²) in [7, 11) is 1.54. The maximum atomic E-state index is 13.2. The Kier molecular flexibility index (Phi) is 4.22. The van der Waals surface area contributed by atoms with E-state index in [9.17, 15) is 14.4 Å². The summed E-state index contributed by atoms with van der Waals surface area (Å²) in [6.45, 7) is 3.32. The molecule has 2 aliphatic heterocycles. The number of ketones is 1. The van der Waals surface area contributed by atoms with Gasteiger partial charge in [-0.15, -0.1) is 0 Å². The van der Waals surface area contributed by atoms with Crippen LogP contribution < -0.4 is 14.6 Å². The van der Waals surface area contributed by atoms with Crippen LogP contribution in [0.2, 0.25) is 0 Å². The zero-order valence-electron chi connectivity index (χ0n) is 15.7. The fraction of sp³-hybridized carbons (Fsp3) is 0.238. The van der Waals surface area contributed by atoms with Crippen molar-refractivity contribution in [1.82, 2.24) is 0 Å². The Morgan fingerprint density at radius 2 is 1.57 bits per heavy atom. The number of hydrogen-bond acceptors (Lipinski definition) is 6. The summed E-state index contributed by atoms with van der Waals surface area (Å²) < 4.78 is 5.13. The van der Waals surface area contributed by atoms with Crippen LogP contribution in [-0.4, -0.2) is 36.5 Å². The van der Waals surface area contributed by atoms with Gasteiger partial charge in [0.2, 0.25) is 5.91 Å². The van der Waals surface area contributed by atoms with Crippen LogP contribution in [-0.2, 0) is 14.4 Å². The second-order valence-corrected chi connectivity index (χ2v) is 6.85. The number of aryl methyl sites for hydroxylation is 1. The quantitative estimate of drug-likeness (QED) is 0.764. The summed E-state index contributed by atoms with van der Waals surface area (Å²) >= 11 is 0. The highest BCUT2D eigenvalue weighted by molar-refractivity contribution is 6.48. The Morgan fingerprint density at radius 3 is 2.14 bits per heavy atom. The van der Waals surface area contributed by atoms with Gasteiger partial charge in [0.15, 0.2) is 5.78 Å². The molecule has 1 saturated heterocycles. The molecule has 2 aromatic rings. The minimum absolute atomic E-state index is 0.111. The number of hydrogen-bond donors (Lipinski definition) is 0. The van der Waals surface area contributed by atoms with Crippen molar-refractivity contribution in [1.29, 1.82) is 0 Å². The van der Waals surface area contributed by atoms with E-state index in [-0.39, 0.29) is 11.5 Å². The topological polar surface area (TPSA) is 79.3 Å². The number of amides is 2. The number of imide groups is 1. The van der Waals surface area contributed by atoms with E-state index >= 15 is 0 Å². The van der Waals surface area contributed by atoms with E-state index in [2.05, 4.69) is 5.10 Å². The highest BCUT2D eigenvalue weighted by Crippen LogP contribution is 2.38. The molecule has 2 heterocycles. The van der Waals surface area contributed by atoms with Crippen molar-refractivity contribution in [3.63, 3.8) is 0 Å². The predicted molar refractivity (Wildman–Crippen MR) is 105 cm³/mol. The van der Waals surface area contributed by atoms with Crippen molar-refractivity contribution >= 4 is 34.7 Å². The molecule has 0 spiro atoms. The highest BCUT2D eigenvalue weighted by Gasteiger charge is 2.58. The molecule has 2 aromatic carbocycles. The lowest BCUT2D eigenvalue weighted by molar-refractivity contribution is -0.122. The zero-order valence-corrected chi connectivity index (χ0v) is 15.7. The first-order valence-electron chi connectivity index (χ1n) is 8.89. The molecule has 2 amide bonds. The van der Waals surface area contributed by atoms with Crippen LogP contribution >= 0.6 is 0 Å². The lowest BCUT2D eigenvalue weighted by atomic mass is 9.95. The lowest BCUT2D eigenvalue weighted by Gasteiger charge is -2.22. The Labute approximate surface area is 162 Å². The normalized spacial score (nSPS) is 21.0. The van der Waals surface area contributed by atoms with Crippen LogP contribution in [0.3, 0.4) is 0 Å². The third-order valence-corrected chi connectivity index (χ3v) is 5.04. The molecular formula is C21H19N3O4. The van der Waals surface area contributed by atoms with Crippen LogP contribution in [0.1, 0.15) is 12.5 Å². The standard InChI is InChI=1S/C21H19N3O4/c1-12-4-6-15(7-5-12)24-19-17(18(22-24)13(2)25)20(26)23(21(19)27)14-8-10-16(28-3)11-9-14/h4-11,17,19H,1-3H3/t17-,19+/m0/s1. The number of benzene rings is 2. The number of methoxy groups -OCH3 is 1. The van der Waals surface area contributed by atoms with Gasteiger partial charge in [-0.3, -0.25) is 19.4 Å². The summed E-state index contributed by atoms with van der Waals surface area (Å²) in [5, 5.41) is 5.83. The molecule has 7 nitrogen and oxygen atoms in total. The van der Waals surface area contributed by atoms with Gasteiger partial charge in [0.25, 0.3) is 5.91 Å². The molecule has 0 unspecified atom stereocenters. The monoisotopic (exact) mass is 377 g/mol. The summed E-state index contributed by atoms with van der Waals surface area (Å²) in [6, 6.07) is 13.2. The number of nitrogens with zero attached hydrogens (tertiary/aromatic N) is 3. The van der Waals surface area contributed by atoms with Crippen molar-refractivity contribution in [2.45, 2.75) is 19.9 Å². The number of carbonyl (C=O) groups excluding carboxylic acids is 3. The SMILES string of the molecule is COc1ccc(N2C(=O)[C@H]3C(C(C)=O)=NN(c4ccc(C)cc4)[C@H]3C2=O)cc1. The summed E-state index contributed by atoms with van der Waals surface area (Å²) in [5.74, 6) is -1.45. The second-order valence-electron chi connectivity index (χ2n) is 6.85. The molecule has 1 fully saturated rings. The number of ether oxygens (including phenoxy) is 1. The highest BCUT2D eigenvalue weighted by atomic mass is 16.5. The van der Waals surface area contributed by atoms with Gasteiger partial charge in [0.05, 0.1) is 18.5 Å². The van der Waals surface area contributed by atoms with Gasteiger partial charge in [-0.05, 0) is 43.3 Å². The van der Waals surface area contributed by atoms with Crippen LogP contribution in [0.15, 0.2) is 53.6 Å². The average molecular weight is 377 g/mol. The number of rotatable bonds is 4. The van der Waals surface area contributed by atoms with Crippen molar-refractivity contribution in [3.05, 3.63) is 54.1 Å². The molecule has 28 heavy (non-hydrogen) atoms. The minimum Gasteiger partial charge on any atom is -0.497 e. The molecule has 0 N–H and O–H groups in total. The number of Topliss-reactive ketones (excluding diaryl/α,β-unsaturated/α-hetero) is 1. The third kappa shape index (κ3) is 2.67. The smallest absolute Gasteiger partial charge is 0.259 e. The maximum absolute atomic E-state index is 13.2. The van der Waals surface area contributed by atoms with Gasteiger partial charge in [-0.25, -0.2) is 4.90 Å². The minimum atomic E-state index is -0.909. The van der Waals surface area contributed by atoms with Gasteiger partial charge in [-0.2, -0.15) is 5.10 Å². The van der Waals surface area contributed by atoms with Crippen LogP contribution in [0.5, 0.6) is 5.75 Å². The number of fused-ring (bicyclic) bond motifs is 1. The van der Waals surface area contributed by atoms with Crippen molar-refractivity contribution in [2.75, 3.05) is 17.0 Å². The fourth-order valence-electron chi connectivity index (χ4n) is 3.60. The molecule has 142 valence electrons. The van der Waals surface area contributed by atoms with Crippen molar-refractivity contribution in [3.8, 4) is 5.75 Å². The number of hydrazone groups is 1. The molecule has 2 aliphatic rings. The number of anilines is 2. The molecule has 7 heteroatoms. The third-order valence-electron chi connectivity index (χ3n) is 5.04. The number of carbonyl (C=O) groups is 3. The molecule has 0 saturated carbocycles. The summed E-state index contributed by atoms with van der Waals surface area (Å²) in [4.78, 5) is 39.6. The maximum Gasteiger partial charge on any atom is 0.259 e. The molecule has 4 rings (SSSR count). The van der Waals surface area contributed by atoms with Gasteiger partial charge < -0.3 is 4.74 Å². The first-order valence-corrected chi connectivity index (χ1v) is 8.89. The molecule has 0 radical (unpaired) electrons. The van der Waals surface area contributed by atoms with Gasteiger partial charge in [-0.1, -0.05) is 17.7 Å². The van der Waals surface area contributed by atoms with E-state index in [0.29, 0.717) is 17.1 Å². The Balaban J connectivity index is 1.76. The van der Waals surface area contributed by atoms with E-state index in [4.69, 9.17) is 4.74 Å². The van der Waals surface area contributed by atoms with Crippen molar-refractivity contribution < 1.29 is 19.1 Å². The Morgan fingerprint density at radius 1 is 0.964 bits per heavy atom. The van der Waals surface area contributed by atoms with Crippen molar-refractivity contribution in [2.24, 2.45) is 11.0 Å². The fourth-order valence-corrected chi connectivity index (χ4v) is 3.60. The molecule has 0 aliphatic carbocycles. The van der Waals surface area contributed by atoms with E-state index < -0.39 is 23.8 Å². The molecule has 2 atom stereocenters. The molecular weight excluding hydrogens is 358 g/mol. The first-order chi connectivity index (χ1) is 13.4. The molecule has 0 aromatic heterocycles. The molecule has 0 bridgehead atoms. The Hall–Kier alpha value is -3.48. The largest absolute Gasteiger partial charge is 0.497 e. The van der Waals surface area contributed by atoms with E-state index in [1.165, 1.54) is 11.9 Å². The van der Waals surface area contributed by atoms with E-state index in [1.54, 1.807) is 31.4 Å². The van der Waals surface area contributed by atoms with Gasteiger partial charge in [0.1, 0.15) is 23.4 Å². The van der Waals surface area contributed by atoms with Crippen LogP contribution in [0.25, 0.3) is 0 Å². The van der Waals surface area contributed by atoms with E-state index in [0.717, 1.165) is 10.5 Å². The predicted octanol–water partition coefficient (Wildman–Crippen LogP) is 2.33. The summed E-state index contributed by atoms with van der Waals surface area (Å²) in [5.41, 5.74) is 2.27. The average Bonchev–Trinajstić information content (AvgIpc) is 3.20.